The molecule has 5 heteroatoms. The summed E-state index contributed by atoms with van der Waals surface area (Å²) in [5.74, 6) is 0.304. The molecule has 0 bridgehead atoms. The molecule has 2 atom stereocenters. The highest BCUT2D eigenvalue weighted by atomic mass is 32.2. The molecule has 4 nitrogen and oxygen atoms in total. The number of hydrogen-bond donors (Lipinski definition) is 1. The van der Waals surface area contributed by atoms with Crippen molar-refractivity contribution >= 4 is 9.84 Å². The average molecular weight is 248 g/mol. The second-order valence-electron chi connectivity index (χ2n) is 4.97. The first kappa shape index (κ1) is 13.9. The van der Waals surface area contributed by atoms with E-state index in [1.54, 1.807) is 0 Å². The third-order valence-corrected chi connectivity index (χ3v) is 4.18. The molecule has 1 heterocycles. The van der Waals surface area contributed by atoms with E-state index in [2.05, 4.69) is 24.1 Å². The lowest BCUT2D eigenvalue weighted by Crippen LogP contribution is -2.39. The zero-order chi connectivity index (χ0) is 12.2. The van der Waals surface area contributed by atoms with Gasteiger partial charge in [0.2, 0.25) is 0 Å². The van der Waals surface area contributed by atoms with E-state index in [0.717, 1.165) is 32.5 Å². The van der Waals surface area contributed by atoms with Crippen molar-refractivity contribution in [2.24, 2.45) is 0 Å². The number of hydrogen-bond acceptors (Lipinski definition) is 4. The van der Waals surface area contributed by atoms with Gasteiger partial charge in [0.15, 0.2) is 0 Å². The fourth-order valence-electron chi connectivity index (χ4n) is 2.16. The monoisotopic (exact) mass is 248 g/mol. The third kappa shape index (κ3) is 5.27. The third-order valence-electron chi connectivity index (χ3n) is 3.15. The van der Waals surface area contributed by atoms with Crippen molar-refractivity contribution in [2.45, 2.75) is 38.8 Å². The summed E-state index contributed by atoms with van der Waals surface area (Å²) in [6.45, 7) is 7.37. The predicted molar refractivity (Wildman–Crippen MR) is 67.4 cm³/mol. The summed E-state index contributed by atoms with van der Waals surface area (Å²) in [5, 5.41) is 3.45. The van der Waals surface area contributed by atoms with Gasteiger partial charge in [0.1, 0.15) is 9.84 Å². The molecular weight excluding hydrogens is 224 g/mol. The molecule has 0 radical (unpaired) electrons. The van der Waals surface area contributed by atoms with Crippen LogP contribution in [0.3, 0.4) is 0 Å². The van der Waals surface area contributed by atoms with Crippen LogP contribution in [0.1, 0.15) is 26.7 Å². The Bertz CT molecular complexity index is 303. The fraction of sp³-hybridized carbons (Fsp3) is 1.00. The van der Waals surface area contributed by atoms with E-state index < -0.39 is 9.84 Å². The molecule has 1 rings (SSSR count). The number of sulfone groups is 1. The van der Waals surface area contributed by atoms with Gasteiger partial charge in [-0.25, -0.2) is 8.42 Å². The van der Waals surface area contributed by atoms with Gasteiger partial charge < -0.3 is 5.32 Å². The highest BCUT2D eigenvalue weighted by Crippen LogP contribution is 2.09. The lowest BCUT2D eigenvalue weighted by Gasteiger charge is -2.27. The Hall–Kier alpha value is -0.130. The van der Waals surface area contributed by atoms with Crippen molar-refractivity contribution in [2.75, 3.05) is 31.6 Å². The highest BCUT2D eigenvalue weighted by molar-refractivity contribution is 7.90. The van der Waals surface area contributed by atoms with Gasteiger partial charge in [0, 0.05) is 24.9 Å². The van der Waals surface area contributed by atoms with E-state index in [1.807, 2.05) is 0 Å². The molecule has 0 aromatic carbocycles. The lowest BCUT2D eigenvalue weighted by atomic mass is 10.2. The van der Waals surface area contributed by atoms with Gasteiger partial charge in [0.05, 0.1) is 5.75 Å². The second kappa shape index (κ2) is 5.98. The first-order chi connectivity index (χ1) is 7.38. The maximum Gasteiger partial charge on any atom is 0.147 e. The molecule has 1 saturated heterocycles. The topological polar surface area (TPSA) is 49.4 Å². The quantitative estimate of drug-likeness (QED) is 0.787. The van der Waals surface area contributed by atoms with Gasteiger partial charge in [-0.2, -0.15) is 0 Å². The van der Waals surface area contributed by atoms with E-state index in [-0.39, 0.29) is 0 Å². The minimum Gasteiger partial charge on any atom is -0.313 e. The van der Waals surface area contributed by atoms with Crippen LogP contribution in [0.4, 0.5) is 0 Å². The molecular formula is C11H24N2O2S. The predicted octanol–water partition coefficient (Wildman–Crippen LogP) is 0.493. The van der Waals surface area contributed by atoms with E-state index in [9.17, 15) is 8.42 Å². The van der Waals surface area contributed by atoms with Gasteiger partial charge >= 0.3 is 0 Å². The molecule has 2 unspecified atom stereocenters. The van der Waals surface area contributed by atoms with Gasteiger partial charge in [-0.05, 0) is 39.8 Å². The van der Waals surface area contributed by atoms with Crippen molar-refractivity contribution in [1.82, 2.24) is 10.2 Å². The van der Waals surface area contributed by atoms with Crippen LogP contribution in [-0.4, -0.2) is 57.0 Å². The van der Waals surface area contributed by atoms with Crippen molar-refractivity contribution in [1.29, 1.82) is 0 Å². The molecule has 0 aliphatic carbocycles. The number of rotatable bonds is 4. The first-order valence-electron chi connectivity index (χ1n) is 6.03. The smallest absolute Gasteiger partial charge is 0.147 e. The Balaban J connectivity index is 2.38. The maximum atomic E-state index is 11.1. The van der Waals surface area contributed by atoms with Crippen molar-refractivity contribution in [3.8, 4) is 0 Å². The van der Waals surface area contributed by atoms with Crippen molar-refractivity contribution < 1.29 is 8.42 Å². The Morgan fingerprint density at radius 2 is 2.06 bits per heavy atom. The second-order valence-corrected chi connectivity index (χ2v) is 7.23. The summed E-state index contributed by atoms with van der Waals surface area (Å²) in [7, 11) is -2.81. The Labute approximate surface area is 99.3 Å². The van der Waals surface area contributed by atoms with Crippen LogP contribution in [-0.2, 0) is 9.84 Å². The molecule has 0 amide bonds. The minimum absolute atomic E-state index is 0.304. The summed E-state index contributed by atoms with van der Waals surface area (Å²) in [6.07, 6.45) is 3.20. The molecule has 0 aromatic rings. The highest BCUT2D eigenvalue weighted by Gasteiger charge is 2.20. The van der Waals surface area contributed by atoms with Gasteiger partial charge in [-0.15, -0.1) is 0 Å². The zero-order valence-corrected chi connectivity index (χ0v) is 11.4. The van der Waals surface area contributed by atoms with Crippen molar-refractivity contribution in [3.63, 3.8) is 0 Å². The van der Waals surface area contributed by atoms with Crippen LogP contribution in [0, 0.1) is 0 Å². The molecule has 96 valence electrons. The van der Waals surface area contributed by atoms with Crippen LogP contribution in [0.5, 0.6) is 0 Å². The van der Waals surface area contributed by atoms with Crippen molar-refractivity contribution in [3.05, 3.63) is 0 Å². The van der Waals surface area contributed by atoms with Crippen LogP contribution >= 0.6 is 0 Å². The Kier molecular flexibility index (Phi) is 5.21. The van der Waals surface area contributed by atoms with Gasteiger partial charge in [-0.1, -0.05) is 0 Å². The van der Waals surface area contributed by atoms with E-state index in [4.69, 9.17) is 0 Å². The largest absolute Gasteiger partial charge is 0.313 e. The molecule has 1 fully saturated rings. The van der Waals surface area contributed by atoms with E-state index >= 15 is 0 Å². The van der Waals surface area contributed by atoms with E-state index in [0.29, 0.717) is 17.8 Å². The zero-order valence-electron chi connectivity index (χ0n) is 10.6. The van der Waals surface area contributed by atoms with Gasteiger partial charge in [0.25, 0.3) is 0 Å². The summed E-state index contributed by atoms with van der Waals surface area (Å²) in [5.41, 5.74) is 0. The molecule has 16 heavy (non-hydrogen) atoms. The van der Waals surface area contributed by atoms with Crippen LogP contribution in [0.15, 0.2) is 0 Å². The summed E-state index contributed by atoms with van der Waals surface area (Å²) in [6, 6.07) is 1.06. The lowest BCUT2D eigenvalue weighted by molar-refractivity contribution is 0.208. The van der Waals surface area contributed by atoms with Crippen LogP contribution in [0.2, 0.25) is 0 Å². The Morgan fingerprint density at radius 3 is 2.69 bits per heavy atom. The summed E-state index contributed by atoms with van der Waals surface area (Å²) in [4.78, 5) is 2.40. The van der Waals surface area contributed by atoms with Crippen LogP contribution in [0.25, 0.3) is 0 Å². The summed E-state index contributed by atoms with van der Waals surface area (Å²) < 4.78 is 22.1. The number of nitrogens with zero attached hydrogens (tertiary/aromatic N) is 1. The van der Waals surface area contributed by atoms with Crippen LogP contribution < -0.4 is 5.32 Å². The minimum atomic E-state index is -2.81. The average Bonchev–Trinajstić information content (AvgIpc) is 2.27. The molecule has 1 N–H and O–H groups in total. The molecule has 0 spiro atoms. The summed E-state index contributed by atoms with van der Waals surface area (Å²) >= 11 is 0. The van der Waals surface area contributed by atoms with E-state index in [1.165, 1.54) is 6.26 Å². The molecule has 1 aliphatic heterocycles. The SMILES string of the molecule is CC1CN(CCCS(C)(=O)=O)C(C)CCN1. The molecule has 1 aliphatic rings. The first-order valence-corrected chi connectivity index (χ1v) is 8.09. The standard InChI is InChI=1S/C11H24N2O2S/c1-10-9-13(11(2)5-6-12-10)7-4-8-16(3,14)15/h10-12H,4-9H2,1-3H3. The van der Waals surface area contributed by atoms with Gasteiger partial charge in [-0.3, -0.25) is 4.90 Å². The Morgan fingerprint density at radius 1 is 1.38 bits per heavy atom. The number of nitrogens with one attached hydrogen (secondary N) is 1. The maximum absolute atomic E-state index is 11.1. The molecule has 0 saturated carbocycles. The fourth-order valence-corrected chi connectivity index (χ4v) is 2.81. The normalized spacial score (nSPS) is 28.9. The molecule has 0 aromatic heterocycles.